The fourth-order valence-corrected chi connectivity index (χ4v) is 3.00. The number of alkyl halides is 1. The molecule has 1 aliphatic rings. The fraction of sp³-hybridized carbons (Fsp3) is 0.500. The molecule has 1 amide bonds. The van der Waals surface area contributed by atoms with Gasteiger partial charge in [0.1, 0.15) is 13.3 Å². The molecule has 2 rings (SSSR count). The molecule has 1 aromatic rings. The Kier molecular flexibility index (Phi) is 5.36. The molecule has 0 bridgehead atoms. The summed E-state index contributed by atoms with van der Waals surface area (Å²) in [4.78, 5) is 13.2. The molecule has 0 aliphatic carbocycles. The molecule has 0 radical (unpaired) electrons. The molecule has 0 unspecified atom stereocenters. The second-order valence-corrected chi connectivity index (χ2v) is 6.76. The van der Waals surface area contributed by atoms with Crippen LogP contribution in [-0.4, -0.2) is 51.0 Å². The van der Waals surface area contributed by atoms with Crippen LogP contribution in [0.2, 0.25) is 0 Å². The Morgan fingerprint density at radius 2 is 2.05 bits per heavy atom. The summed E-state index contributed by atoms with van der Waals surface area (Å²) in [5.74, 6) is 0. The summed E-state index contributed by atoms with van der Waals surface area (Å²) in [7, 11) is -3.64. The Balaban J connectivity index is 1.93. The summed E-state index contributed by atoms with van der Waals surface area (Å²) in [6.07, 6.45) is -0.358. The number of hydrogen-bond acceptors (Lipinski definition) is 5. The number of rotatable bonds is 5. The lowest BCUT2D eigenvalue weighted by atomic mass is 10.2. The van der Waals surface area contributed by atoms with Crippen molar-refractivity contribution in [2.45, 2.75) is 25.2 Å². The highest BCUT2D eigenvalue weighted by Gasteiger charge is 2.38. The van der Waals surface area contributed by atoms with Gasteiger partial charge >= 0.3 is 6.09 Å². The molecule has 1 aromatic carbocycles. The lowest BCUT2D eigenvalue weighted by Gasteiger charge is -2.21. The minimum absolute atomic E-state index is 0.00468. The molecule has 0 aromatic heterocycles. The van der Waals surface area contributed by atoms with Crippen molar-refractivity contribution in [3.05, 3.63) is 35.9 Å². The van der Waals surface area contributed by atoms with Crippen molar-refractivity contribution >= 4 is 16.2 Å². The quantitative estimate of drug-likeness (QED) is 0.768. The van der Waals surface area contributed by atoms with E-state index in [0.29, 0.717) is 0 Å². The molecule has 2 atom stereocenters. The van der Waals surface area contributed by atoms with Crippen LogP contribution < -0.4 is 0 Å². The number of likely N-dealkylation sites (tertiary alicyclic amines) is 1. The molecular weight excluding hydrogens is 313 g/mol. The van der Waals surface area contributed by atoms with Crippen LogP contribution in [-0.2, 0) is 25.6 Å². The third kappa shape index (κ3) is 4.67. The van der Waals surface area contributed by atoms with E-state index in [4.69, 9.17) is 8.92 Å². The number of benzene rings is 1. The van der Waals surface area contributed by atoms with Gasteiger partial charge in [-0.15, -0.1) is 0 Å². The van der Waals surface area contributed by atoms with Gasteiger partial charge in [-0.2, -0.15) is 8.42 Å². The molecule has 1 fully saturated rings. The van der Waals surface area contributed by atoms with Crippen LogP contribution in [0.4, 0.5) is 9.18 Å². The first-order valence-corrected chi connectivity index (χ1v) is 8.62. The van der Waals surface area contributed by atoms with E-state index in [1.165, 1.54) is 4.90 Å². The zero-order valence-corrected chi connectivity index (χ0v) is 13.0. The van der Waals surface area contributed by atoms with Crippen LogP contribution in [0.25, 0.3) is 0 Å². The summed E-state index contributed by atoms with van der Waals surface area (Å²) < 4.78 is 45.2. The Labute approximate surface area is 128 Å². The number of nitrogens with zero attached hydrogens (tertiary/aromatic N) is 1. The lowest BCUT2D eigenvalue weighted by Crippen LogP contribution is -2.37. The number of halogens is 1. The van der Waals surface area contributed by atoms with E-state index < -0.39 is 35.0 Å². The normalized spacial score (nSPS) is 21.8. The molecule has 8 heteroatoms. The maximum absolute atomic E-state index is 13.0. The van der Waals surface area contributed by atoms with Crippen molar-refractivity contribution in [1.29, 1.82) is 0 Å². The molecule has 22 heavy (non-hydrogen) atoms. The smallest absolute Gasteiger partial charge is 0.410 e. The van der Waals surface area contributed by atoms with Gasteiger partial charge in [0, 0.05) is 0 Å². The third-order valence-electron chi connectivity index (χ3n) is 3.30. The number of hydrogen-bond donors (Lipinski definition) is 0. The van der Waals surface area contributed by atoms with Crippen molar-refractivity contribution in [2.75, 3.05) is 19.5 Å². The average molecular weight is 331 g/mol. The zero-order valence-electron chi connectivity index (χ0n) is 12.1. The highest BCUT2D eigenvalue weighted by atomic mass is 32.2. The van der Waals surface area contributed by atoms with Crippen LogP contribution in [0.3, 0.4) is 0 Å². The van der Waals surface area contributed by atoms with E-state index in [-0.39, 0.29) is 19.6 Å². The first kappa shape index (κ1) is 16.7. The van der Waals surface area contributed by atoms with Gasteiger partial charge in [-0.05, 0) is 12.0 Å². The van der Waals surface area contributed by atoms with Gasteiger partial charge in [0.25, 0.3) is 10.1 Å². The van der Waals surface area contributed by atoms with E-state index in [1.807, 2.05) is 18.2 Å². The van der Waals surface area contributed by atoms with Gasteiger partial charge < -0.3 is 4.74 Å². The van der Waals surface area contributed by atoms with E-state index in [2.05, 4.69) is 0 Å². The van der Waals surface area contributed by atoms with Crippen molar-refractivity contribution < 1.29 is 26.5 Å². The molecule has 1 heterocycles. The largest absolute Gasteiger partial charge is 0.445 e. The summed E-state index contributed by atoms with van der Waals surface area (Å²) in [5.41, 5.74) is 0.816. The predicted molar refractivity (Wildman–Crippen MR) is 77.4 cm³/mol. The monoisotopic (exact) mass is 331 g/mol. The van der Waals surface area contributed by atoms with Crippen molar-refractivity contribution in [1.82, 2.24) is 4.90 Å². The highest BCUT2D eigenvalue weighted by molar-refractivity contribution is 7.86. The summed E-state index contributed by atoms with van der Waals surface area (Å²) in [5, 5.41) is 0. The number of ether oxygens (including phenoxy) is 1. The van der Waals surface area contributed by atoms with E-state index in [0.717, 1.165) is 11.8 Å². The van der Waals surface area contributed by atoms with E-state index in [1.54, 1.807) is 12.1 Å². The topological polar surface area (TPSA) is 72.9 Å². The van der Waals surface area contributed by atoms with Crippen LogP contribution >= 0.6 is 0 Å². The molecule has 122 valence electrons. The standard InChI is InChI=1S/C14H18FNO5S/c1-22(18,19)21-13-7-12(8-15)16(9-13)14(17)20-10-11-5-3-2-4-6-11/h2-6,12-13H,7-10H2,1H3/t12-,13+/m0/s1. The SMILES string of the molecule is CS(=O)(=O)O[C@@H]1C[C@@H](CF)N(C(=O)OCc2ccccc2)C1. The first-order valence-electron chi connectivity index (χ1n) is 6.80. The molecule has 0 N–H and O–H groups in total. The summed E-state index contributed by atoms with van der Waals surface area (Å²) >= 11 is 0. The van der Waals surface area contributed by atoms with Crippen LogP contribution in [0, 0.1) is 0 Å². The van der Waals surface area contributed by atoms with Gasteiger partial charge in [0.2, 0.25) is 0 Å². The molecule has 0 saturated carbocycles. The van der Waals surface area contributed by atoms with Crippen molar-refractivity contribution in [3.8, 4) is 0 Å². The second kappa shape index (κ2) is 7.06. The first-order chi connectivity index (χ1) is 10.4. The van der Waals surface area contributed by atoms with Gasteiger partial charge in [0.05, 0.1) is 24.9 Å². The second-order valence-electron chi connectivity index (χ2n) is 5.16. The molecular formula is C14H18FNO5S. The fourth-order valence-electron chi connectivity index (χ4n) is 2.36. The van der Waals surface area contributed by atoms with Crippen molar-refractivity contribution in [2.24, 2.45) is 0 Å². The molecule has 1 aliphatic heterocycles. The number of carbonyl (C=O) groups is 1. The zero-order chi connectivity index (χ0) is 16.2. The van der Waals surface area contributed by atoms with E-state index >= 15 is 0 Å². The Morgan fingerprint density at radius 1 is 1.36 bits per heavy atom. The number of amides is 1. The Hall–Kier alpha value is -1.67. The van der Waals surface area contributed by atoms with Gasteiger partial charge in [-0.1, -0.05) is 30.3 Å². The Bertz CT molecular complexity index is 607. The minimum Gasteiger partial charge on any atom is -0.445 e. The maximum atomic E-state index is 13.0. The molecule has 0 spiro atoms. The van der Waals surface area contributed by atoms with Crippen LogP contribution in [0.5, 0.6) is 0 Å². The van der Waals surface area contributed by atoms with Gasteiger partial charge in [-0.25, -0.2) is 9.18 Å². The van der Waals surface area contributed by atoms with Crippen molar-refractivity contribution in [3.63, 3.8) is 0 Å². The summed E-state index contributed by atoms with van der Waals surface area (Å²) in [6.45, 7) is -0.702. The lowest BCUT2D eigenvalue weighted by molar-refractivity contribution is 0.0853. The Morgan fingerprint density at radius 3 is 2.64 bits per heavy atom. The van der Waals surface area contributed by atoms with Gasteiger partial charge in [-0.3, -0.25) is 9.08 Å². The molecule has 6 nitrogen and oxygen atoms in total. The maximum Gasteiger partial charge on any atom is 0.410 e. The number of carbonyl (C=O) groups excluding carboxylic acids is 1. The summed E-state index contributed by atoms with van der Waals surface area (Å²) in [6, 6.07) is 8.37. The van der Waals surface area contributed by atoms with E-state index in [9.17, 15) is 17.6 Å². The van der Waals surface area contributed by atoms with Crippen LogP contribution in [0.15, 0.2) is 30.3 Å². The van der Waals surface area contributed by atoms with Crippen LogP contribution in [0.1, 0.15) is 12.0 Å². The third-order valence-corrected chi connectivity index (χ3v) is 3.93. The average Bonchev–Trinajstić information content (AvgIpc) is 2.86. The molecule has 1 saturated heterocycles. The van der Waals surface area contributed by atoms with Gasteiger partial charge in [0.15, 0.2) is 0 Å². The minimum atomic E-state index is -3.64. The predicted octanol–water partition coefficient (Wildman–Crippen LogP) is 1.71. The highest BCUT2D eigenvalue weighted by Crippen LogP contribution is 2.23.